The number of hydrogen-bond donors (Lipinski definition) is 1. The summed E-state index contributed by atoms with van der Waals surface area (Å²) < 4.78 is 14.8. The summed E-state index contributed by atoms with van der Waals surface area (Å²) in [5.74, 6) is -0.469. The van der Waals surface area contributed by atoms with Gasteiger partial charge in [0.15, 0.2) is 5.78 Å². The zero-order chi connectivity index (χ0) is 23.5. The van der Waals surface area contributed by atoms with Crippen LogP contribution in [0.5, 0.6) is 0 Å². The predicted molar refractivity (Wildman–Crippen MR) is 130 cm³/mol. The zero-order valence-electron chi connectivity index (χ0n) is 17.5. The smallest absolute Gasteiger partial charge is 0.306 e. The SMILES string of the molecule is [N-]=[N+]=Nc1ccc2c(=O)n(CCN3CCC(C(=O)c4ccc(F)cc4)CC3)c(=O)[nH]c2c1[125I]. The van der Waals surface area contributed by atoms with Crippen LogP contribution in [0, 0.1) is 15.3 Å². The summed E-state index contributed by atoms with van der Waals surface area (Å²) in [5, 5.41) is 3.92. The van der Waals surface area contributed by atoms with Crippen LogP contribution < -0.4 is 11.2 Å². The molecule has 0 amide bonds. The number of fused-ring (bicyclic) bond motifs is 1. The number of likely N-dealkylation sites (tertiary alicyclic amines) is 1. The number of nitrogens with zero attached hydrogens (tertiary/aromatic N) is 5. The molecule has 1 saturated heterocycles. The third-order valence-corrected chi connectivity index (χ3v) is 7.05. The molecule has 1 aromatic heterocycles. The van der Waals surface area contributed by atoms with E-state index in [0.717, 1.165) is 0 Å². The van der Waals surface area contributed by atoms with Crippen molar-refractivity contribution in [1.82, 2.24) is 14.5 Å². The average molecular weight is 560 g/mol. The zero-order valence-corrected chi connectivity index (χ0v) is 19.7. The number of rotatable bonds is 6. The molecule has 33 heavy (non-hydrogen) atoms. The van der Waals surface area contributed by atoms with Crippen molar-refractivity contribution in [3.8, 4) is 0 Å². The van der Waals surface area contributed by atoms with E-state index in [-0.39, 0.29) is 24.1 Å². The van der Waals surface area contributed by atoms with Crippen molar-refractivity contribution in [2.75, 3.05) is 19.6 Å². The minimum absolute atomic E-state index is 0.0200. The number of piperidine rings is 1. The molecule has 1 fully saturated rings. The van der Waals surface area contributed by atoms with Gasteiger partial charge in [-0.15, -0.1) is 0 Å². The second-order valence-corrected chi connectivity index (χ2v) is 8.96. The summed E-state index contributed by atoms with van der Waals surface area (Å²) in [7, 11) is 0. The third kappa shape index (κ3) is 4.85. The summed E-state index contributed by atoms with van der Waals surface area (Å²) in [6.45, 7) is 2.06. The largest absolute Gasteiger partial charge is 0.328 e. The molecule has 0 bridgehead atoms. The van der Waals surface area contributed by atoms with E-state index in [9.17, 15) is 18.8 Å². The number of aromatic amines is 1. The monoisotopic (exact) mass is 560 g/mol. The Kier molecular flexibility index (Phi) is 6.91. The van der Waals surface area contributed by atoms with E-state index in [2.05, 4.69) is 19.9 Å². The number of Topliss-reactive ketones (excluding diaryl/α,β-unsaturated/α-hetero) is 1. The first-order valence-electron chi connectivity index (χ1n) is 10.4. The lowest BCUT2D eigenvalue weighted by Crippen LogP contribution is -2.42. The number of azide groups is 1. The molecule has 0 unspecified atom stereocenters. The number of halogens is 2. The molecule has 0 atom stereocenters. The van der Waals surface area contributed by atoms with Gasteiger partial charge in [-0.05, 0) is 84.4 Å². The molecular formula is C22H20FIN6O3. The molecule has 9 nitrogen and oxygen atoms in total. The van der Waals surface area contributed by atoms with Crippen molar-refractivity contribution >= 4 is 45.0 Å². The van der Waals surface area contributed by atoms with Crippen molar-refractivity contribution in [1.29, 1.82) is 0 Å². The van der Waals surface area contributed by atoms with Crippen molar-refractivity contribution in [3.05, 3.63) is 82.6 Å². The normalized spacial score (nSPS) is 14.8. The van der Waals surface area contributed by atoms with Gasteiger partial charge in [-0.3, -0.25) is 14.2 Å². The quantitative estimate of drug-likeness (QED) is 0.161. The van der Waals surface area contributed by atoms with Crippen LogP contribution in [0.1, 0.15) is 23.2 Å². The van der Waals surface area contributed by atoms with Crippen LogP contribution in [0.25, 0.3) is 21.3 Å². The maximum absolute atomic E-state index is 13.1. The van der Waals surface area contributed by atoms with Gasteiger partial charge in [-0.25, -0.2) is 9.18 Å². The van der Waals surface area contributed by atoms with Crippen molar-refractivity contribution in [2.45, 2.75) is 19.4 Å². The van der Waals surface area contributed by atoms with Crippen molar-refractivity contribution in [2.24, 2.45) is 11.0 Å². The van der Waals surface area contributed by atoms with Crippen LogP contribution in [-0.4, -0.2) is 39.9 Å². The highest BCUT2D eigenvalue weighted by Gasteiger charge is 2.26. The number of carbonyl (C=O) groups excluding carboxylic acids is 1. The topological polar surface area (TPSA) is 124 Å². The highest BCUT2D eigenvalue weighted by molar-refractivity contribution is 14.1. The molecular weight excluding hydrogens is 540 g/mol. The van der Waals surface area contributed by atoms with Gasteiger partial charge in [0.2, 0.25) is 0 Å². The summed E-state index contributed by atoms with van der Waals surface area (Å²) in [5.41, 5.74) is 8.95. The minimum atomic E-state index is -0.523. The number of H-pyrrole nitrogens is 1. The minimum Gasteiger partial charge on any atom is -0.306 e. The molecule has 3 aromatic rings. The number of carbonyl (C=O) groups is 1. The number of nitrogens with one attached hydrogen (secondary N) is 1. The Balaban J connectivity index is 1.43. The fourth-order valence-electron chi connectivity index (χ4n) is 4.12. The van der Waals surface area contributed by atoms with Gasteiger partial charge in [-0.2, -0.15) is 0 Å². The first-order chi connectivity index (χ1) is 15.9. The molecule has 11 heteroatoms. The van der Waals surface area contributed by atoms with Crippen molar-refractivity contribution in [3.63, 3.8) is 0 Å². The van der Waals surface area contributed by atoms with Gasteiger partial charge in [0.1, 0.15) is 5.82 Å². The molecule has 0 aliphatic carbocycles. The molecule has 4 rings (SSSR count). The Labute approximate surface area is 201 Å². The van der Waals surface area contributed by atoms with E-state index in [1.54, 1.807) is 12.1 Å². The van der Waals surface area contributed by atoms with Gasteiger partial charge >= 0.3 is 5.69 Å². The van der Waals surface area contributed by atoms with E-state index in [1.807, 2.05) is 22.6 Å². The summed E-state index contributed by atoms with van der Waals surface area (Å²) in [6.07, 6.45) is 1.33. The van der Waals surface area contributed by atoms with E-state index >= 15 is 0 Å². The van der Waals surface area contributed by atoms with Crippen LogP contribution in [-0.2, 0) is 6.54 Å². The molecule has 2 aromatic carbocycles. The lowest BCUT2D eigenvalue weighted by atomic mass is 9.89. The fourth-order valence-corrected chi connectivity index (χ4v) is 4.83. The Morgan fingerprint density at radius 3 is 2.52 bits per heavy atom. The van der Waals surface area contributed by atoms with Crippen LogP contribution in [0.15, 0.2) is 51.1 Å². The van der Waals surface area contributed by atoms with Gasteiger partial charge < -0.3 is 9.88 Å². The first-order valence-corrected chi connectivity index (χ1v) is 11.5. The van der Waals surface area contributed by atoms with Gasteiger partial charge in [-0.1, -0.05) is 11.2 Å². The van der Waals surface area contributed by atoms with E-state index < -0.39 is 11.2 Å². The van der Waals surface area contributed by atoms with Crippen LogP contribution in [0.3, 0.4) is 0 Å². The number of benzene rings is 2. The Morgan fingerprint density at radius 2 is 1.85 bits per heavy atom. The maximum atomic E-state index is 13.1. The van der Waals surface area contributed by atoms with Gasteiger partial charge in [0, 0.05) is 33.1 Å². The highest BCUT2D eigenvalue weighted by atomic mass is 125. The molecule has 0 radical (unpaired) electrons. The lowest BCUT2D eigenvalue weighted by Gasteiger charge is -2.31. The fraction of sp³-hybridized carbons (Fsp3) is 0.318. The van der Waals surface area contributed by atoms with Crippen molar-refractivity contribution < 1.29 is 9.18 Å². The van der Waals surface area contributed by atoms with E-state index in [4.69, 9.17) is 5.53 Å². The second kappa shape index (κ2) is 9.86. The summed E-state index contributed by atoms with van der Waals surface area (Å²) >= 11 is 1.94. The Bertz CT molecular complexity index is 1370. The molecule has 1 N–H and O–H groups in total. The van der Waals surface area contributed by atoms with E-state index in [0.29, 0.717) is 58.2 Å². The average Bonchev–Trinajstić information content (AvgIpc) is 2.82. The first kappa shape index (κ1) is 23.1. The Morgan fingerprint density at radius 1 is 1.15 bits per heavy atom. The Hall–Kier alpha value is -3.02. The lowest BCUT2D eigenvalue weighted by molar-refractivity contribution is 0.0837. The van der Waals surface area contributed by atoms with Crippen LogP contribution in [0.2, 0.25) is 0 Å². The van der Waals surface area contributed by atoms with Crippen LogP contribution in [0.4, 0.5) is 10.1 Å². The van der Waals surface area contributed by atoms with Gasteiger partial charge in [0.05, 0.1) is 16.6 Å². The maximum Gasteiger partial charge on any atom is 0.328 e. The number of aromatic nitrogens is 2. The van der Waals surface area contributed by atoms with Crippen LogP contribution >= 0.6 is 22.6 Å². The molecule has 1 aliphatic rings. The molecule has 2 heterocycles. The van der Waals surface area contributed by atoms with E-state index in [1.165, 1.54) is 28.8 Å². The summed E-state index contributed by atoms with van der Waals surface area (Å²) in [6, 6.07) is 8.71. The summed E-state index contributed by atoms with van der Waals surface area (Å²) in [4.78, 5) is 45.7. The standard InChI is InChI=1S/C22H20FIN6O3/c23-15-3-1-13(2-4-15)20(31)14-7-9-29(10-8-14)11-12-30-21(32)16-5-6-17(27-28-25)18(24)19(16)26-22(30)33/h1-6,14H,7-12H2,(H,26,33)/i24-2. The molecule has 0 spiro atoms. The molecule has 1 aliphatic heterocycles. The highest BCUT2D eigenvalue weighted by Crippen LogP contribution is 2.27. The molecule has 0 saturated carbocycles. The molecule has 170 valence electrons. The van der Waals surface area contributed by atoms with Gasteiger partial charge in [0.25, 0.3) is 5.56 Å². The third-order valence-electron chi connectivity index (χ3n) is 5.95. The number of hydrogen-bond acceptors (Lipinski definition) is 5. The number of ketones is 1. The second-order valence-electron chi connectivity index (χ2n) is 7.88. The predicted octanol–water partition coefficient (Wildman–Crippen LogP) is 3.97.